The van der Waals surface area contributed by atoms with E-state index in [1.54, 1.807) is 0 Å². The van der Waals surface area contributed by atoms with E-state index in [0.29, 0.717) is 5.91 Å². The van der Waals surface area contributed by atoms with E-state index >= 15 is 0 Å². The molecule has 82 valence electrons. The first-order valence-electron chi connectivity index (χ1n) is 6.27. The molecule has 3 rings (SSSR count). The summed E-state index contributed by atoms with van der Waals surface area (Å²) in [5, 5.41) is 3.23. The fourth-order valence-corrected chi connectivity index (χ4v) is 3.78. The van der Waals surface area contributed by atoms with Crippen LogP contribution in [0.2, 0.25) is 0 Å². The molecule has 15 heavy (non-hydrogen) atoms. The van der Waals surface area contributed by atoms with Crippen LogP contribution in [0.4, 0.5) is 0 Å². The molecule has 2 atom stereocenters. The first kappa shape index (κ1) is 9.44. The molecule has 0 aromatic carbocycles. The van der Waals surface area contributed by atoms with Crippen LogP contribution >= 0.6 is 0 Å². The molecular formula is C13H19NO. The largest absolute Gasteiger partial charge is 0.349 e. The Balaban J connectivity index is 1.96. The van der Waals surface area contributed by atoms with Gasteiger partial charge in [-0.2, -0.15) is 0 Å². The maximum absolute atomic E-state index is 11.9. The van der Waals surface area contributed by atoms with Crippen LogP contribution in [0.15, 0.2) is 12.2 Å². The van der Waals surface area contributed by atoms with Crippen LogP contribution in [0.5, 0.6) is 0 Å². The van der Waals surface area contributed by atoms with Gasteiger partial charge in [-0.1, -0.05) is 37.8 Å². The fourth-order valence-electron chi connectivity index (χ4n) is 3.78. The zero-order chi connectivity index (χ0) is 10.4. The van der Waals surface area contributed by atoms with Gasteiger partial charge in [0, 0.05) is 0 Å². The standard InChI is InChI=1S/C13H19NO/c15-11-12-7-3-1-2-4-9-13(12,14-11)10-6-5-8-12/h5-6H,1-4,7-10H2,(H,14,15)/t12-,13+/m0/s1. The second kappa shape index (κ2) is 3.10. The lowest BCUT2D eigenvalue weighted by Crippen LogP contribution is -2.77. The normalized spacial score (nSPS) is 44.1. The van der Waals surface area contributed by atoms with Crippen LogP contribution in [0.1, 0.15) is 51.4 Å². The number of carbonyl (C=O) groups excluding carboxylic acids is 1. The molecule has 1 heterocycles. The molecule has 1 saturated carbocycles. The molecule has 1 N–H and O–H groups in total. The van der Waals surface area contributed by atoms with Gasteiger partial charge in [0.2, 0.25) is 5.91 Å². The highest BCUT2D eigenvalue weighted by atomic mass is 16.2. The Hall–Kier alpha value is -0.790. The molecule has 1 amide bonds. The Morgan fingerprint density at radius 1 is 1.00 bits per heavy atom. The second-order valence-electron chi connectivity index (χ2n) is 5.41. The van der Waals surface area contributed by atoms with Gasteiger partial charge in [0.1, 0.15) is 0 Å². The third-order valence-electron chi connectivity index (χ3n) is 4.76. The zero-order valence-electron chi connectivity index (χ0n) is 9.22. The van der Waals surface area contributed by atoms with Crippen molar-refractivity contribution in [1.82, 2.24) is 5.32 Å². The topological polar surface area (TPSA) is 29.1 Å². The summed E-state index contributed by atoms with van der Waals surface area (Å²) in [6.45, 7) is 0. The summed E-state index contributed by atoms with van der Waals surface area (Å²) in [6.07, 6.45) is 14.0. The minimum absolute atomic E-state index is 0.0117. The Morgan fingerprint density at radius 3 is 2.53 bits per heavy atom. The third-order valence-corrected chi connectivity index (χ3v) is 4.76. The number of amides is 1. The molecular weight excluding hydrogens is 186 g/mol. The van der Waals surface area contributed by atoms with Crippen molar-refractivity contribution < 1.29 is 4.79 Å². The van der Waals surface area contributed by atoms with E-state index < -0.39 is 0 Å². The molecule has 0 spiro atoms. The number of rotatable bonds is 0. The van der Waals surface area contributed by atoms with E-state index in [-0.39, 0.29) is 11.0 Å². The van der Waals surface area contributed by atoms with Gasteiger partial charge in [0.05, 0.1) is 11.0 Å². The molecule has 1 aliphatic heterocycles. The van der Waals surface area contributed by atoms with Crippen LogP contribution in [-0.2, 0) is 4.79 Å². The van der Waals surface area contributed by atoms with Crippen molar-refractivity contribution in [1.29, 1.82) is 0 Å². The molecule has 2 heteroatoms. The van der Waals surface area contributed by atoms with Gasteiger partial charge < -0.3 is 5.32 Å². The monoisotopic (exact) mass is 205 g/mol. The van der Waals surface area contributed by atoms with Crippen molar-refractivity contribution in [2.75, 3.05) is 0 Å². The van der Waals surface area contributed by atoms with Gasteiger partial charge >= 0.3 is 0 Å². The summed E-state index contributed by atoms with van der Waals surface area (Å²) < 4.78 is 0. The van der Waals surface area contributed by atoms with Gasteiger partial charge in [-0.15, -0.1) is 0 Å². The lowest BCUT2D eigenvalue weighted by molar-refractivity contribution is -0.160. The third kappa shape index (κ3) is 1.08. The van der Waals surface area contributed by atoms with Gasteiger partial charge in [0.15, 0.2) is 0 Å². The maximum atomic E-state index is 11.9. The smallest absolute Gasteiger partial charge is 0.229 e. The average molecular weight is 205 g/mol. The molecule has 0 aromatic rings. The maximum Gasteiger partial charge on any atom is 0.229 e. The van der Waals surface area contributed by atoms with E-state index in [4.69, 9.17) is 0 Å². The Morgan fingerprint density at radius 2 is 1.73 bits per heavy atom. The summed E-state index contributed by atoms with van der Waals surface area (Å²) >= 11 is 0. The Kier molecular flexibility index (Phi) is 1.95. The summed E-state index contributed by atoms with van der Waals surface area (Å²) in [5.41, 5.74) is 0.140. The van der Waals surface area contributed by atoms with Crippen molar-refractivity contribution >= 4 is 5.91 Å². The van der Waals surface area contributed by atoms with E-state index in [1.165, 1.54) is 32.1 Å². The predicted octanol–water partition coefficient (Wildman–Crippen LogP) is 2.55. The number of β-lactam (4-membered cyclic amide) rings is 1. The highest BCUT2D eigenvalue weighted by Crippen LogP contribution is 2.55. The second-order valence-corrected chi connectivity index (χ2v) is 5.41. The molecule has 0 unspecified atom stereocenters. The Labute approximate surface area is 91.1 Å². The van der Waals surface area contributed by atoms with Gasteiger partial charge in [-0.3, -0.25) is 4.79 Å². The van der Waals surface area contributed by atoms with Crippen LogP contribution in [0.25, 0.3) is 0 Å². The lowest BCUT2D eigenvalue weighted by Gasteiger charge is -2.61. The number of nitrogens with one attached hydrogen (secondary N) is 1. The molecule has 2 aliphatic carbocycles. The van der Waals surface area contributed by atoms with Crippen LogP contribution < -0.4 is 5.32 Å². The van der Waals surface area contributed by atoms with Crippen molar-refractivity contribution in [3.05, 3.63) is 12.2 Å². The predicted molar refractivity (Wildman–Crippen MR) is 59.4 cm³/mol. The molecule has 0 radical (unpaired) electrons. The molecule has 3 aliphatic rings. The van der Waals surface area contributed by atoms with Gasteiger partial charge in [0.25, 0.3) is 0 Å². The Bertz CT molecular complexity index is 322. The highest BCUT2D eigenvalue weighted by molar-refractivity contribution is 5.92. The first-order chi connectivity index (χ1) is 7.29. The summed E-state index contributed by atoms with van der Waals surface area (Å²) in [5.74, 6) is 0.328. The molecule has 0 aromatic heterocycles. The van der Waals surface area contributed by atoms with E-state index in [0.717, 1.165) is 19.3 Å². The molecule has 1 saturated heterocycles. The quantitative estimate of drug-likeness (QED) is 0.478. The van der Waals surface area contributed by atoms with Crippen molar-refractivity contribution in [3.63, 3.8) is 0 Å². The minimum atomic E-state index is -0.0117. The zero-order valence-corrected chi connectivity index (χ0v) is 9.22. The lowest BCUT2D eigenvalue weighted by atomic mass is 9.52. The minimum Gasteiger partial charge on any atom is -0.349 e. The van der Waals surface area contributed by atoms with Crippen molar-refractivity contribution in [2.24, 2.45) is 5.41 Å². The summed E-state index contributed by atoms with van der Waals surface area (Å²) in [6, 6.07) is 0. The van der Waals surface area contributed by atoms with Crippen molar-refractivity contribution in [3.8, 4) is 0 Å². The van der Waals surface area contributed by atoms with Crippen molar-refractivity contribution in [2.45, 2.75) is 56.9 Å². The number of carbonyl (C=O) groups is 1. The van der Waals surface area contributed by atoms with Gasteiger partial charge in [-0.25, -0.2) is 0 Å². The summed E-state index contributed by atoms with van der Waals surface area (Å²) in [7, 11) is 0. The molecule has 2 fully saturated rings. The van der Waals surface area contributed by atoms with E-state index in [1.807, 2.05) is 0 Å². The van der Waals surface area contributed by atoms with E-state index in [2.05, 4.69) is 17.5 Å². The van der Waals surface area contributed by atoms with Crippen LogP contribution in [-0.4, -0.2) is 11.4 Å². The van der Waals surface area contributed by atoms with Crippen LogP contribution in [0.3, 0.4) is 0 Å². The molecule has 0 bridgehead atoms. The average Bonchev–Trinajstić information content (AvgIpc) is 2.20. The fraction of sp³-hybridized carbons (Fsp3) is 0.769. The number of hydrogen-bond acceptors (Lipinski definition) is 1. The first-order valence-corrected chi connectivity index (χ1v) is 6.27. The molecule has 2 nitrogen and oxygen atoms in total. The highest BCUT2D eigenvalue weighted by Gasteiger charge is 2.64. The van der Waals surface area contributed by atoms with Crippen LogP contribution in [0, 0.1) is 5.41 Å². The van der Waals surface area contributed by atoms with E-state index in [9.17, 15) is 4.79 Å². The SMILES string of the molecule is O=C1N[C@]23CC=CC[C@@]12CCCCCC3. The number of allylic oxidation sites excluding steroid dienone is 1. The summed E-state index contributed by atoms with van der Waals surface area (Å²) in [4.78, 5) is 11.9. The van der Waals surface area contributed by atoms with Gasteiger partial charge in [-0.05, 0) is 25.7 Å². The number of hydrogen-bond donors (Lipinski definition) is 1.